The van der Waals surface area contributed by atoms with Crippen LogP contribution < -0.4 is 0 Å². The Morgan fingerprint density at radius 1 is 1.44 bits per heavy atom. The van der Waals surface area contributed by atoms with Gasteiger partial charge in [0.15, 0.2) is 0 Å². The predicted molar refractivity (Wildman–Crippen MR) is 60.8 cm³/mol. The second-order valence-corrected chi connectivity index (χ2v) is 4.07. The Bertz CT molecular complexity index is 350. The first-order chi connectivity index (χ1) is 7.63. The molecule has 0 bridgehead atoms. The Hall–Kier alpha value is -1.22. The lowest BCUT2D eigenvalue weighted by Crippen LogP contribution is -2.12. The SMILES string of the molecule is COCC(C)CC(=O)Cc1ccccc1F. The maximum Gasteiger partial charge on any atom is 0.137 e. The number of benzene rings is 1. The lowest BCUT2D eigenvalue weighted by Gasteiger charge is -2.09. The Balaban J connectivity index is 2.49. The Kier molecular flexibility index (Phi) is 5.12. The van der Waals surface area contributed by atoms with Crippen molar-refractivity contribution in [1.29, 1.82) is 0 Å². The highest BCUT2D eigenvalue weighted by molar-refractivity contribution is 5.81. The molecule has 0 saturated carbocycles. The normalized spacial score (nSPS) is 12.4. The minimum atomic E-state index is -0.310. The van der Waals surface area contributed by atoms with Gasteiger partial charge in [0.05, 0.1) is 0 Å². The molecule has 0 spiro atoms. The number of Topliss-reactive ketones (excluding diaryl/α,β-unsaturated/α-hetero) is 1. The molecule has 1 atom stereocenters. The van der Waals surface area contributed by atoms with E-state index in [2.05, 4.69) is 0 Å². The van der Waals surface area contributed by atoms with Crippen LogP contribution in [0.5, 0.6) is 0 Å². The fourth-order valence-electron chi connectivity index (χ4n) is 1.66. The van der Waals surface area contributed by atoms with Crippen LogP contribution in [0.3, 0.4) is 0 Å². The third-order valence-electron chi connectivity index (χ3n) is 2.37. The summed E-state index contributed by atoms with van der Waals surface area (Å²) in [4.78, 5) is 11.6. The van der Waals surface area contributed by atoms with Crippen LogP contribution in [-0.2, 0) is 16.0 Å². The monoisotopic (exact) mass is 224 g/mol. The Morgan fingerprint density at radius 2 is 2.12 bits per heavy atom. The minimum Gasteiger partial charge on any atom is -0.384 e. The van der Waals surface area contributed by atoms with Gasteiger partial charge in [-0.05, 0) is 17.5 Å². The van der Waals surface area contributed by atoms with Gasteiger partial charge < -0.3 is 4.74 Å². The zero-order valence-electron chi connectivity index (χ0n) is 9.70. The third kappa shape index (κ3) is 4.11. The van der Waals surface area contributed by atoms with Crippen molar-refractivity contribution >= 4 is 5.78 Å². The van der Waals surface area contributed by atoms with E-state index in [-0.39, 0.29) is 23.9 Å². The van der Waals surface area contributed by atoms with Gasteiger partial charge in [-0.15, -0.1) is 0 Å². The second-order valence-electron chi connectivity index (χ2n) is 4.07. The van der Waals surface area contributed by atoms with Crippen molar-refractivity contribution in [1.82, 2.24) is 0 Å². The number of hydrogen-bond donors (Lipinski definition) is 0. The highest BCUT2D eigenvalue weighted by atomic mass is 19.1. The van der Waals surface area contributed by atoms with Crippen LogP contribution in [0.4, 0.5) is 4.39 Å². The molecule has 0 radical (unpaired) electrons. The van der Waals surface area contributed by atoms with Crippen molar-refractivity contribution in [3.05, 3.63) is 35.6 Å². The molecule has 1 rings (SSSR count). The quantitative estimate of drug-likeness (QED) is 0.742. The standard InChI is InChI=1S/C13H17FO2/c1-10(9-16-2)7-12(15)8-11-5-3-4-6-13(11)14/h3-6,10H,7-9H2,1-2H3. The highest BCUT2D eigenvalue weighted by Gasteiger charge is 2.11. The summed E-state index contributed by atoms with van der Waals surface area (Å²) in [5.74, 6) is -0.0748. The minimum absolute atomic E-state index is 0.0506. The molecule has 0 heterocycles. The number of methoxy groups -OCH3 is 1. The van der Waals surface area contributed by atoms with Gasteiger partial charge >= 0.3 is 0 Å². The molecule has 3 heteroatoms. The first-order valence-electron chi connectivity index (χ1n) is 5.37. The van der Waals surface area contributed by atoms with E-state index in [4.69, 9.17) is 4.74 Å². The van der Waals surface area contributed by atoms with Crippen LogP contribution in [0.2, 0.25) is 0 Å². The van der Waals surface area contributed by atoms with E-state index in [0.717, 1.165) is 0 Å². The Labute approximate surface area is 95.4 Å². The van der Waals surface area contributed by atoms with Crippen LogP contribution in [0.25, 0.3) is 0 Å². The molecule has 1 aromatic rings. The zero-order chi connectivity index (χ0) is 12.0. The van der Waals surface area contributed by atoms with Gasteiger partial charge in [-0.3, -0.25) is 4.79 Å². The molecule has 1 aromatic carbocycles. The summed E-state index contributed by atoms with van der Waals surface area (Å²) in [7, 11) is 1.61. The predicted octanol–water partition coefficient (Wildman–Crippen LogP) is 2.61. The van der Waals surface area contributed by atoms with Crippen molar-refractivity contribution in [2.75, 3.05) is 13.7 Å². The molecular formula is C13H17FO2. The largest absolute Gasteiger partial charge is 0.384 e. The van der Waals surface area contributed by atoms with Gasteiger partial charge in [-0.2, -0.15) is 0 Å². The van der Waals surface area contributed by atoms with E-state index in [1.165, 1.54) is 6.07 Å². The number of rotatable bonds is 6. The van der Waals surface area contributed by atoms with Gasteiger partial charge in [0.1, 0.15) is 11.6 Å². The van der Waals surface area contributed by atoms with Crippen LogP contribution >= 0.6 is 0 Å². The molecule has 88 valence electrons. The first kappa shape index (κ1) is 12.8. The lowest BCUT2D eigenvalue weighted by atomic mass is 10.0. The van der Waals surface area contributed by atoms with E-state index in [0.29, 0.717) is 18.6 Å². The summed E-state index contributed by atoms with van der Waals surface area (Å²) in [5, 5.41) is 0. The molecule has 0 aliphatic carbocycles. The Morgan fingerprint density at radius 3 is 2.75 bits per heavy atom. The van der Waals surface area contributed by atoms with Gasteiger partial charge in [-0.25, -0.2) is 4.39 Å². The summed E-state index contributed by atoms with van der Waals surface area (Å²) < 4.78 is 18.2. The van der Waals surface area contributed by atoms with Gasteiger partial charge in [-0.1, -0.05) is 25.1 Å². The lowest BCUT2D eigenvalue weighted by molar-refractivity contribution is -0.119. The molecule has 0 fully saturated rings. The van der Waals surface area contributed by atoms with Crippen molar-refractivity contribution in [3.63, 3.8) is 0 Å². The maximum absolute atomic E-state index is 13.3. The molecule has 0 N–H and O–H groups in total. The summed E-state index contributed by atoms with van der Waals surface area (Å²) in [6.07, 6.45) is 0.600. The van der Waals surface area contributed by atoms with Gasteiger partial charge in [0.2, 0.25) is 0 Å². The van der Waals surface area contributed by atoms with Crippen LogP contribution in [0, 0.1) is 11.7 Å². The molecule has 0 aliphatic rings. The third-order valence-corrected chi connectivity index (χ3v) is 2.37. The molecule has 2 nitrogen and oxygen atoms in total. The second kappa shape index (κ2) is 6.38. The summed E-state index contributed by atoms with van der Waals surface area (Å²) in [6.45, 7) is 2.51. The number of hydrogen-bond acceptors (Lipinski definition) is 2. The fourth-order valence-corrected chi connectivity index (χ4v) is 1.66. The average molecular weight is 224 g/mol. The summed E-state index contributed by atoms with van der Waals surface area (Å²) in [5.41, 5.74) is 0.470. The maximum atomic E-state index is 13.3. The number of carbonyl (C=O) groups is 1. The molecule has 0 aliphatic heterocycles. The average Bonchev–Trinajstić information content (AvgIpc) is 2.21. The number of ketones is 1. The van der Waals surface area contributed by atoms with Crippen molar-refractivity contribution in [3.8, 4) is 0 Å². The molecule has 0 aromatic heterocycles. The van der Waals surface area contributed by atoms with Crippen molar-refractivity contribution in [2.24, 2.45) is 5.92 Å². The zero-order valence-corrected chi connectivity index (χ0v) is 9.70. The van der Waals surface area contributed by atoms with E-state index in [9.17, 15) is 9.18 Å². The molecular weight excluding hydrogens is 207 g/mol. The summed E-state index contributed by atoms with van der Waals surface area (Å²) in [6, 6.07) is 6.39. The van der Waals surface area contributed by atoms with Crippen LogP contribution in [0.15, 0.2) is 24.3 Å². The van der Waals surface area contributed by atoms with Crippen molar-refractivity contribution < 1.29 is 13.9 Å². The number of ether oxygens (including phenoxy) is 1. The van der Waals surface area contributed by atoms with E-state index in [1.54, 1.807) is 25.3 Å². The van der Waals surface area contributed by atoms with Crippen LogP contribution in [0.1, 0.15) is 18.9 Å². The van der Waals surface area contributed by atoms with E-state index in [1.807, 2.05) is 6.92 Å². The van der Waals surface area contributed by atoms with Crippen molar-refractivity contribution in [2.45, 2.75) is 19.8 Å². The fraction of sp³-hybridized carbons (Fsp3) is 0.462. The first-order valence-corrected chi connectivity index (χ1v) is 5.37. The summed E-state index contributed by atoms with van der Waals surface area (Å²) >= 11 is 0. The topological polar surface area (TPSA) is 26.3 Å². The van der Waals surface area contributed by atoms with Gasteiger partial charge in [0, 0.05) is 26.6 Å². The van der Waals surface area contributed by atoms with Gasteiger partial charge in [0.25, 0.3) is 0 Å². The molecule has 0 saturated heterocycles. The molecule has 16 heavy (non-hydrogen) atoms. The number of halogens is 1. The number of carbonyl (C=O) groups excluding carboxylic acids is 1. The smallest absolute Gasteiger partial charge is 0.137 e. The molecule has 1 unspecified atom stereocenters. The molecule has 0 amide bonds. The van der Waals surface area contributed by atoms with Crippen LogP contribution in [-0.4, -0.2) is 19.5 Å². The van der Waals surface area contributed by atoms with E-state index >= 15 is 0 Å². The van der Waals surface area contributed by atoms with E-state index < -0.39 is 0 Å². The highest BCUT2D eigenvalue weighted by Crippen LogP contribution is 2.11.